The average molecular weight is 955 g/mol. The van der Waals surface area contributed by atoms with Gasteiger partial charge in [-0.1, -0.05) is 42.5 Å². The van der Waals surface area contributed by atoms with E-state index >= 15 is 0 Å². The number of fused-ring (bicyclic) bond motifs is 4. The fourth-order valence-corrected chi connectivity index (χ4v) is 8.77. The summed E-state index contributed by atoms with van der Waals surface area (Å²) in [6, 6.07) is 37.5. The van der Waals surface area contributed by atoms with Gasteiger partial charge in [-0.2, -0.15) is 10.2 Å². The number of aromatic amines is 4. The number of para-hydroxylation sites is 2. The summed E-state index contributed by atoms with van der Waals surface area (Å²) in [6.07, 6.45) is 17.7. The van der Waals surface area contributed by atoms with Crippen molar-refractivity contribution in [3.05, 3.63) is 183 Å². The van der Waals surface area contributed by atoms with E-state index in [2.05, 4.69) is 103 Å². The van der Waals surface area contributed by atoms with Crippen LogP contribution in [0.15, 0.2) is 177 Å². The Kier molecular flexibility index (Phi) is 11.4. The third-order valence-corrected chi connectivity index (χ3v) is 12.2. The minimum Gasteiger partial charge on any atom is -0.382 e. The smallest absolute Gasteiger partial charge is 0.255 e. The summed E-state index contributed by atoms with van der Waals surface area (Å²) in [7, 11) is 0. The first-order valence-electron chi connectivity index (χ1n) is 23.4. The highest BCUT2D eigenvalue weighted by Gasteiger charge is 2.19. The zero-order valence-corrected chi connectivity index (χ0v) is 39.2. The number of pyridine rings is 6. The van der Waals surface area contributed by atoms with Crippen LogP contribution in [-0.4, -0.2) is 82.2 Å². The van der Waals surface area contributed by atoms with Gasteiger partial charge in [0, 0.05) is 101 Å². The molecule has 13 rings (SSSR count). The Balaban J connectivity index is 0.000000150. The van der Waals surface area contributed by atoms with Crippen molar-refractivity contribution in [2.24, 2.45) is 0 Å². The molecule has 13 aromatic rings. The zero-order valence-electron chi connectivity index (χ0n) is 39.2. The molecule has 10 aromatic heterocycles. The highest BCUT2D eigenvalue weighted by Crippen LogP contribution is 2.35. The van der Waals surface area contributed by atoms with Crippen molar-refractivity contribution in [1.29, 1.82) is 0 Å². The van der Waals surface area contributed by atoms with Gasteiger partial charge >= 0.3 is 0 Å². The normalized spacial score (nSPS) is 11.3. The summed E-state index contributed by atoms with van der Waals surface area (Å²) in [4.78, 5) is 55.4. The average Bonchev–Trinajstić information content (AvgIpc) is 4.26. The van der Waals surface area contributed by atoms with Gasteiger partial charge in [0.2, 0.25) is 0 Å². The van der Waals surface area contributed by atoms with Crippen molar-refractivity contribution in [2.45, 2.75) is 19.9 Å². The number of benzene rings is 3. The van der Waals surface area contributed by atoms with Gasteiger partial charge in [0.15, 0.2) is 22.9 Å². The van der Waals surface area contributed by atoms with E-state index in [0.717, 1.165) is 88.7 Å². The Bertz CT molecular complexity index is 4110. The molecule has 0 spiro atoms. The van der Waals surface area contributed by atoms with Gasteiger partial charge in [-0.15, -0.1) is 0 Å². The van der Waals surface area contributed by atoms with Crippen LogP contribution in [0.1, 0.15) is 24.2 Å². The van der Waals surface area contributed by atoms with E-state index in [9.17, 15) is 4.79 Å². The van der Waals surface area contributed by atoms with Gasteiger partial charge < -0.3 is 20.6 Å². The maximum absolute atomic E-state index is 12.6. The van der Waals surface area contributed by atoms with Crippen molar-refractivity contribution in [1.82, 2.24) is 70.2 Å². The van der Waals surface area contributed by atoms with Crippen molar-refractivity contribution < 1.29 is 4.79 Å². The Morgan fingerprint density at radius 2 is 1.11 bits per heavy atom. The van der Waals surface area contributed by atoms with Gasteiger partial charge in [-0.25, -0.2) is 19.9 Å². The molecule has 1 amide bonds. The first-order valence-corrected chi connectivity index (χ1v) is 23.4. The molecular formula is C56H42N16O. The van der Waals surface area contributed by atoms with E-state index in [1.54, 1.807) is 55.5 Å². The molecule has 0 saturated heterocycles. The summed E-state index contributed by atoms with van der Waals surface area (Å²) in [6.45, 7) is 4.21. The van der Waals surface area contributed by atoms with Crippen LogP contribution in [0.5, 0.6) is 0 Å². The summed E-state index contributed by atoms with van der Waals surface area (Å²) < 4.78 is 0. The van der Waals surface area contributed by atoms with E-state index in [4.69, 9.17) is 9.97 Å². The van der Waals surface area contributed by atoms with Crippen molar-refractivity contribution in [3.8, 4) is 67.5 Å². The Morgan fingerprint density at radius 3 is 1.78 bits per heavy atom. The van der Waals surface area contributed by atoms with Crippen LogP contribution in [0, 0.1) is 0 Å². The fraction of sp³-hybridized carbons (Fsp3) is 0.0536. The molecule has 17 nitrogen and oxygen atoms in total. The van der Waals surface area contributed by atoms with Crippen LogP contribution in [0.25, 0.3) is 112 Å². The lowest BCUT2D eigenvalue weighted by molar-refractivity contribution is 0.102. The summed E-state index contributed by atoms with van der Waals surface area (Å²) >= 11 is 0. The van der Waals surface area contributed by atoms with Gasteiger partial charge in [0.25, 0.3) is 5.91 Å². The molecule has 10 heterocycles. The molecule has 73 heavy (non-hydrogen) atoms. The number of carbonyl (C=O) groups is 1. The van der Waals surface area contributed by atoms with Gasteiger partial charge in [-0.3, -0.25) is 34.9 Å². The second kappa shape index (κ2) is 18.9. The second-order valence-electron chi connectivity index (χ2n) is 17.5. The first-order chi connectivity index (χ1) is 35.9. The molecule has 3 aromatic carbocycles. The first kappa shape index (κ1) is 44.0. The molecule has 17 heteroatoms. The molecule has 0 fully saturated rings. The van der Waals surface area contributed by atoms with Crippen LogP contribution in [0.4, 0.5) is 11.4 Å². The fourth-order valence-electron chi connectivity index (χ4n) is 8.77. The third kappa shape index (κ3) is 8.85. The molecule has 6 N–H and O–H groups in total. The quantitative estimate of drug-likeness (QED) is 0.0751. The molecule has 0 atom stereocenters. The standard InChI is InChI=1S/C30H20N8O.C26H22N8/c39-30(19-5-2-1-3-6-19)34-22-13-20(15-32-17-22)21-14-24-27(37-38-28(24)33-16-21)29-35-25-8-4-7-23(26(25)36-29)18-9-11-31-12-10-18;1-15(2)30-19-10-17(12-28-14-19)18-11-21-24(33-34-25(21)29-13-18)26-31-22-5-3-4-20(23(22)32-26)16-6-8-27-9-7-16/h1-17H,(H,34,39)(H,35,36)(H,33,37,38);3-15,30H,1-2H3,(H,31,32)(H,29,33,34). The Morgan fingerprint density at radius 1 is 0.521 bits per heavy atom. The highest BCUT2D eigenvalue weighted by atomic mass is 16.1. The lowest BCUT2D eigenvalue weighted by Gasteiger charge is -2.10. The predicted molar refractivity (Wildman–Crippen MR) is 284 cm³/mol. The van der Waals surface area contributed by atoms with E-state index in [-0.39, 0.29) is 5.91 Å². The number of hydrogen-bond acceptors (Lipinski definition) is 12. The number of nitrogens with zero attached hydrogens (tertiary/aromatic N) is 10. The molecule has 0 bridgehead atoms. The van der Waals surface area contributed by atoms with Crippen LogP contribution >= 0.6 is 0 Å². The number of amides is 1. The Labute approximate surface area is 415 Å². The molecular weight excluding hydrogens is 913 g/mol. The zero-order chi connectivity index (χ0) is 49.3. The van der Waals surface area contributed by atoms with Crippen LogP contribution in [0.3, 0.4) is 0 Å². The minimum atomic E-state index is -0.198. The van der Waals surface area contributed by atoms with E-state index in [1.165, 1.54) is 0 Å². The molecule has 0 aliphatic heterocycles. The maximum atomic E-state index is 12.6. The molecule has 0 saturated carbocycles. The SMILES string of the molecule is CC(C)Nc1cncc(-c2cnc3n[nH]c(-c4nc5c(-c6ccncc6)cccc5[nH]4)c3c2)c1.O=C(Nc1cncc(-c2cnc3[nH]nc(-c4nc5c(-c6ccncc6)cccc5[nH]4)c3c2)c1)c1ccccc1. The topological polar surface area (TPSA) is 233 Å². The summed E-state index contributed by atoms with van der Waals surface area (Å²) in [5, 5.41) is 23.1. The minimum absolute atomic E-state index is 0.198. The van der Waals surface area contributed by atoms with Gasteiger partial charge in [-0.05, 0) is 97.8 Å². The number of rotatable bonds is 10. The molecule has 0 radical (unpaired) electrons. The largest absolute Gasteiger partial charge is 0.382 e. The van der Waals surface area contributed by atoms with Crippen molar-refractivity contribution in [3.63, 3.8) is 0 Å². The van der Waals surface area contributed by atoms with Crippen molar-refractivity contribution >= 4 is 61.4 Å². The Hall–Kier alpha value is -10.3. The van der Waals surface area contributed by atoms with Crippen molar-refractivity contribution in [2.75, 3.05) is 10.6 Å². The number of H-pyrrole nitrogens is 4. The monoisotopic (exact) mass is 954 g/mol. The third-order valence-electron chi connectivity index (χ3n) is 12.2. The molecule has 0 aliphatic carbocycles. The van der Waals surface area contributed by atoms with Gasteiger partial charge in [0.05, 0.1) is 50.4 Å². The molecule has 0 unspecified atom stereocenters. The maximum Gasteiger partial charge on any atom is 0.255 e. The highest BCUT2D eigenvalue weighted by molar-refractivity contribution is 6.04. The lowest BCUT2D eigenvalue weighted by Crippen LogP contribution is -2.11. The van der Waals surface area contributed by atoms with Crippen LogP contribution < -0.4 is 10.6 Å². The predicted octanol–water partition coefficient (Wildman–Crippen LogP) is 11.3. The van der Waals surface area contributed by atoms with E-state index < -0.39 is 0 Å². The van der Waals surface area contributed by atoms with Gasteiger partial charge in [0.1, 0.15) is 11.4 Å². The number of imidazole rings is 2. The molecule has 352 valence electrons. The molecule has 0 aliphatic rings. The number of nitrogens with one attached hydrogen (secondary N) is 6. The summed E-state index contributed by atoms with van der Waals surface area (Å²) in [5.41, 5.74) is 16.2. The number of hydrogen-bond donors (Lipinski definition) is 6. The summed E-state index contributed by atoms with van der Waals surface area (Å²) in [5.74, 6) is 1.15. The van der Waals surface area contributed by atoms with Crippen LogP contribution in [-0.2, 0) is 0 Å². The van der Waals surface area contributed by atoms with Crippen LogP contribution in [0.2, 0.25) is 0 Å². The second-order valence-corrected chi connectivity index (χ2v) is 17.5. The number of aromatic nitrogens is 14. The lowest BCUT2D eigenvalue weighted by atomic mass is 10.1. The van der Waals surface area contributed by atoms with E-state index in [0.29, 0.717) is 45.9 Å². The van der Waals surface area contributed by atoms with E-state index in [1.807, 2.05) is 104 Å². The number of anilines is 2. The number of carbonyl (C=O) groups excluding carboxylic acids is 1.